The number of carboxylic acid groups (broad SMARTS) is 1. The number of benzene rings is 1. The summed E-state index contributed by atoms with van der Waals surface area (Å²) in [6.45, 7) is 3.47. The average molecular weight is 464 g/mol. The van der Waals surface area contributed by atoms with Gasteiger partial charge in [0.2, 0.25) is 0 Å². The van der Waals surface area contributed by atoms with Gasteiger partial charge in [0.1, 0.15) is 17.9 Å². The van der Waals surface area contributed by atoms with E-state index in [2.05, 4.69) is 6.92 Å². The number of aldehydes is 1. The molecule has 1 fully saturated rings. The first-order valence-corrected chi connectivity index (χ1v) is 10.7. The van der Waals surface area contributed by atoms with Crippen molar-refractivity contribution < 1.29 is 39.9 Å². The maximum absolute atomic E-state index is 11.6. The van der Waals surface area contributed by atoms with Crippen LogP contribution in [0.25, 0.3) is 0 Å². The molecule has 1 aliphatic carbocycles. The Morgan fingerprint density at radius 2 is 1.88 bits per heavy atom. The standard InChI is InChI=1S/C14H20O4.C10H13NO4/c1-2-3-4-5-6-7-10-8-12(16)14(18)13(17)11(10)9-15;1-10(11,9(14)15)5-6-2-3-7(12)8(13)4-6/h4-7,9-12,14,16,18H,2-3,8H2,1H3;2-4,12-13H,5,11H2,1H3,(H,14,15). The smallest absolute Gasteiger partial charge is 0.323 e. The Morgan fingerprint density at radius 3 is 2.42 bits per heavy atom. The quantitative estimate of drug-likeness (QED) is 0.144. The highest BCUT2D eigenvalue weighted by molar-refractivity contribution is 5.97. The Bertz CT molecular complexity index is 877. The van der Waals surface area contributed by atoms with Crippen molar-refractivity contribution in [1.82, 2.24) is 0 Å². The number of ketones is 1. The number of Topliss-reactive ketones (excluding diaryl/α,β-unsaturated/α-hetero) is 1. The third-order valence-electron chi connectivity index (χ3n) is 5.27. The Morgan fingerprint density at radius 1 is 1.21 bits per heavy atom. The molecule has 0 heterocycles. The fourth-order valence-corrected chi connectivity index (χ4v) is 3.25. The monoisotopic (exact) mass is 463 g/mol. The third-order valence-corrected chi connectivity index (χ3v) is 5.27. The van der Waals surface area contributed by atoms with Crippen LogP contribution < -0.4 is 5.73 Å². The van der Waals surface area contributed by atoms with E-state index >= 15 is 0 Å². The minimum absolute atomic E-state index is 0.0795. The summed E-state index contributed by atoms with van der Waals surface area (Å²) in [6.07, 6.45) is 7.80. The number of nitrogens with two attached hydrogens (primary N) is 1. The molecule has 2 rings (SSSR count). The average Bonchev–Trinajstić information content (AvgIpc) is 2.75. The van der Waals surface area contributed by atoms with Crippen LogP contribution in [-0.4, -0.2) is 61.3 Å². The molecule has 7 N–H and O–H groups in total. The van der Waals surface area contributed by atoms with Crippen LogP contribution in [0.5, 0.6) is 11.5 Å². The number of carbonyl (C=O) groups is 3. The van der Waals surface area contributed by atoms with Gasteiger partial charge in [0.05, 0.1) is 12.0 Å². The van der Waals surface area contributed by atoms with Gasteiger partial charge < -0.3 is 36.1 Å². The van der Waals surface area contributed by atoms with E-state index in [9.17, 15) is 29.7 Å². The molecule has 5 unspecified atom stereocenters. The van der Waals surface area contributed by atoms with E-state index in [1.54, 1.807) is 12.2 Å². The summed E-state index contributed by atoms with van der Waals surface area (Å²) in [5.74, 6) is -3.41. The number of aliphatic hydroxyl groups is 2. The maximum Gasteiger partial charge on any atom is 0.323 e. The minimum Gasteiger partial charge on any atom is -0.504 e. The molecule has 0 saturated heterocycles. The van der Waals surface area contributed by atoms with Crippen molar-refractivity contribution in [2.45, 2.75) is 57.3 Å². The van der Waals surface area contributed by atoms with Crippen LogP contribution >= 0.6 is 0 Å². The van der Waals surface area contributed by atoms with Gasteiger partial charge in [-0.15, -0.1) is 0 Å². The highest BCUT2D eigenvalue weighted by Gasteiger charge is 2.41. The number of carbonyl (C=O) groups excluding carboxylic acids is 2. The minimum atomic E-state index is -1.43. The molecule has 5 atom stereocenters. The van der Waals surface area contributed by atoms with Crippen molar-refractivity contribution in [1.29, 1.82) is 0 Å². The summed E-state index contributed by atoms with van der Waals surface area (Å²) in [4.78, 5) is 33.3. The Kier molecular flexibility index (Phi) is 10.9. The largest absolute Gasteiger partial charge is 0.504 e. The predicted molar refractivity (Wildman–Crippen MR) is 122 cm³/mol. The van der Waals surface area contributed by atoms with Gasteiger partial charge in [-0.2, -0.15) is 0 Å². The number of hydrogen-bond acceptors (Lipinski definition) is 8. The molecule has 1 aromatic rings. The first kappa shape index (κ1) is 28.0. The molecule has 0 bridgehead atoms. The zero-order valence-corrected chi connectivity index (χ0v) is 18.8. The van der Waals surface area contributed by atoms with Crippen LogP contribution in [0, 0.1) is 11.8 Å². The van der Waals surface area contributed by atoms with Crippen LogP contribution in [0.2, 0.25) is 0 Å². The summed E-state index contributed by atoms with van der Waals surface area (Å²) in [7, 11) is 0. The highest BCUT2D eigenvalue weighted by atomic mass is 16.4. The molecule has 0 amide bonds. The zero-order chi connectivity index (χ0) is 25.2. The normalized spacial score (nSPS) is 24.8. The van der Waals surface area contributed by atoms with Crippen LogP contribution in [0.1, 0.15) is 38.7 Å². The summed E-state index contributed by atoms with van der Waals surface area (Å²) < 4.78 is 0. The second-order valence-electron chi connectivity index (χ2n) is 8.30. The van der Waals surface area contributed by atoms with Crippen molar-refractivity contribution >= 4 is 18.0 Å². The van der Waals surface area contributed by atoms with Crippen molar-refractivity contribution in [3.05, 3.63) is 48.1 Å². The van der Waals surface area contributed by atoms with E-state index in [1.165, 1.54) is 25.1 Å². The van der Waals surface area contributed by atoms with Gasteiger partial charge >= 0.3 is 5.97 Å². The number of unbranched alkanes of at least 4 members (excludes halogenated alkanes) is 1. The van der Waals surface area contributed by atoms with Crippen LogP contribution in [0.4, 0.5) is 0 Å². The lowest BCUT2D eigenvalue weighted by atomic mass is 9.76. The molecule has 0 radical (unpaired) electrons. The number of aliphatic hydroxyl groups excluding tert-OH is 2. The number of rotatable bonds is 8. The second kappa shape index (κ2) is 12.9. The molecule has 0 aliphatic heterocycles. The summed E-state index contributed by atoms with van der Waals surface area (Å²) in [6, 6.07) is 4.11. The summed E-state index contributed by atoms with van der Waals surface area (Å²) >= 11 is 0. The first-order valence-electron chi connectivity index (χ1n) is 10.7. The molecular formula is C24H33NO8. The van der Waals surface area contributed by atoms with E-state index < -0.39 is 35.4 Å². The topological polar surface area (TPSA) is 178 Å². The van der Waals surface area contributed by atoms with Crippen LogP contribution in [-0.2, 0) is 20.8 Å². The number of phenols is 2. The van der Waals surface area contributed by atoms with Gasteiger partial charge in [-0.3, -0.25) is 9.59 Å². The third kappa shape index (κ3) is 8.45. The van der Waals surface area contributed by atoms with Crippen LogP contribution in [0.15, 0.2) is 42.5 Å². The van der Waals surface area contributed by atoms with Crippen molar-refractivity contribution in [2.24, 2.45) is 17.6 Å². The Balaban J connectivity index is 0.000000335. The zero-order valence-electron chi connectivity index (χ0n) is 18.8. The fraction of sp³-hybridized carbons (Fsp3) is 0.458. The van der Waals surface area contributed by atoms with Crippen molar-refractivity contribution in [3.63, 3.8) is 0 Å². The number of phenolic OH excluding ortho intramolecular Hbond substituents is 2. The van der Waals surface area contributed by atoms with Crippen molar-refractivity contribution in [3.8, 4) is 11.5 Å². The fourth-order valence-electron chi connectivity index (χ4n) is 3.25. The van der Waals surface area contributed by atoms with Gasteiger partial charge in [0, 0.05) is 6.42 Å². The van der Waals surface area contributed by atoms with E-state index in [4.69, 9.17) is 15.9 Å². The number of allylic oxidation sites excluding steroid dienone is 4. The molecule has 0 spiro atoms. The van der Waals surface area contributed by atoms with E-state index in [0.717, 1.165) is 12.8 Å². The molecular weight excluding hydrogens is 430 g/mol. The Hall–Kier alpha value is -3.01. The lowest BCUT2D eigenvalue weighted by Crippen LogP contribution is -2.47. The summed E-state index contributed by atoms with van der Waals surface area (Å²) in [5.41, 5.74) is 4.70. The lowest BCUT2D eigenvalue weighted by Gasteiger charge is -2.31. The van der Waals surface area contributed by atoms with Crippen molar-refractivity contribution in [2.75, 3.05) is 0 Å². The van der Waals surface area contributed by atoms with Gasteiger partial charge in [-0.1, -0.05) is 43.7 Å². The second-order valence-corrected chi connectivity index (χ2v) is 8.30. The van der Waals surface area contributed by atoms with Crippen LogP contribution in [0.3, 0.4) is 0 Å². The van der Waals surface area contributed by atoms with Gasteiger partial charge in [-0.05, 0) is 43.4 Å². The molecule has 33 heavy (non-hydrogen) atoms. The number of hydrogen-bond donors (Lipinski definition) is 6. The number of aliphatic carboxylic acids is 1. The first-order chi connectivity index (χ1) is 15.4. The SMILES string of the molecule is CC(N)(Cc1ccc(O)c(O)c1)C(=O)O.CCCC=CC=CC1CC(O)C(O)C(=O)C1C=O. The molecule has 182 valence electrons. The molecule has 9 heteroatoms. The van der Waals surface area contributed by atoms with Gasteiger partial charge in [0.25, 0.3) is 0 Å². The van der Waals surface area contributed by atoms with E-state index in [1.807, 2.05) is 12.2 Å². The lowest BCUT2D eigenvalue weighted by molar-refractivity contribution is -0.147. The molecule has 1 aromatic carbocycles. The number of carboxylic acids is 1. The molecule has 0 aromatic heterocycles. The molecule has 1 aliphatic rings. The molecule has 1 saturated carbocycles. The maximum atomic E-state index is 11.6. The molecule has 9 nitrogen and oxygen atoms in total. The Labute approximate surface area is 192 Å². The number of aromatic hydroxyl groups is 2. The van der Waals surface area contributed by atoms with Gasteiger partial charge in [0.15, 0.2) is 17.3 Å². The van der Waals surface area contributed by atoms with E-state index in [0.29, 0.717) is 11.8 Å². The summed E-state index contributed by atoms with van der Waals surface area (Å²) in [5, 5.41) is 46.0. The highest BCUT2D eigenvalue weighted by Crippen LogP contribution is 2.28. The van der Waals surface area contributed by atoms with Gasteiger partial charge in [-0.25, -0.2) is 0 Å². The van der Waals surface area contributed by atoms with E-state index in [-0.39, 0.29) is 30.3 Å². The predicted octanol–water partition coefficient (Wildman–Crippen LogP) is 1.47.